The predicted molar refractivity (Wildman–Crippen MR) is 109 cm³/mol. The van der Waals surface area contributed by atoms with Crippen LogP contribution in [0.5, 0.6) is 0 Å². The first kappa shape index (κ1) is 18.4. The van der Waals surface area contributed by atoms with Crippen molar-refractivity contribution in [2.24, 2.45) is 7.05 Å². The summed E-state index contributed by atoms with van der Waals surface area (Å²) in [6.45, 7) is 6.60. The van der Waals surface area contributed by atoms with E-state index < -0.39 is 0 Å². The largest absolute Gasteiger partial charge is 0.317 e. The summed E-state index contributed by atoms with van der Waals surface area (Å²) in [5.74, 6) is 2.78. The molecule has 2 aliphatic rings. The topological polar surface area (TPSA) is 37.2 Å². The van der Waals surface area contributed by atoms with Gasteiger partial charge in [-0.05, 0) is 50.9 Å². The maximum absolute atomic E-state index is 4.59. The van der Waals surface area contributed by atoms with Gasteiger partial charge in [-0.15, -0.1) is 10.2 Å². The molecular weight excluding hydrogens is 334 g/mol. The van der Waals surface area contributed by atoms with E-state index in [4.69, 9.17) is 0 Å². The fraction of sp³-hybridized carbons (Fsp3) is 0.545. The summed E-state index contributed by atoms with van der Waals surface area (Å²) >= 11 is 0. The first-order valence-electron chi connectivity index (χ1n) is 10.3. The monoisotopic (exact) mass is 365 g/mol. The molecule has 2 aromatic rings. The standard InChI is InChI=1S/C22H31N5/c1-25-21(18-27-13-5-6-14-27)23-24-22(25)20-12-8-16-26(17-20)15-7-11-19-9-3-2-4-10-19/h2-4,7,9-11,20H,5-6,8,12-18H2,1H3/b11-7+. The van der Waals surface area contributed by atoms with Crippen LogP contribution in [0.2, 0.25) is 0 Å². The third-order valence-electron chi connectivity index (χ3n) is 5.91. The molecule has 27 heavy (non-hydrogen) atoms. The lowest BCUT2D eigenvalue weighted by Gasteiger charge is -2.31. The highest BCUT2D eigenvalue weighted by Gasteiger charge is 2.26. The third-order valence-corrected chi connectivity index (χ3v) is 5.91. The second-order valence-corrected chi connectivity index (χ2v) is 7.93. The van der Waals surface area contributed by atoms with Gasteiger partial charge in [0.25, 0.3) is 0 Å². The highest BCUT2D eigenvalue weighted by molar-refractivity contribution is 5.48. The first-order valence-corrected chi connectivity index (χ1v) is 10.3. The Morgan fingerprint density at radius 2 is 1.78 bits per heavy atom. The molecule has 0 saturated carbocycles. The number of likely N-dealkylation sites (tertiary alicyclic amines) is 2. The molecule has 0 radical (unpaired) electrons. The molecule has 5 nitrogen and oxygen atoms in total. The zero-order valence-electron chi connectivity index (χ0n) is 16.4. The molecule has 1 aromatic carbocycles. The molecule has 0 aliphatic carbocycles. The summed E-state index contributed by atoms with van der Waals surface area (Å²) in [6.07, 6.45) is 9.59. The average Bonchev–Trinajstić information content (AvgIpc) is 3.34. The SMILES string of the molecule is Cn1c(CN2CCCC2)nnc1C1CCCN(C/C=C/c2ccccc2)C1. The average molecular weight is 366 g/mol. The molecule has 0 bridgehead atoms. The van der Waals surface area contributed by atoms with Crippen molar-refractivity contribution in [2.75, 3.05) is 32.7 Å². The van der Waals surface area contributed by atoms with Crippen LogP contribution in [-0.4, -0.2) is 57.3 Å². The van der Waals surface area contributed by atoms with Gasteiger partial charge in [0.15, 0.2) is 0 Å². The quantitative estimate of drug-likeness (QED) is 0.787. The minimum absolute atomic E-state index is 0.494. The van der Waals surface area contributed by atoms with Gasteiger partial charge in [-0.1, -0.05) is 42.5 Å². The second-order valence-electron chi connectivity index (χ2n) is 7.93. The molecule has 5 heteroatoms. The van der Waals surface area contributed by atoms with E-state index in [9.17, 15) is 0 Å². The number of nitrogens with zero attached hydrogens (tertiary/aromatic N) is 5. The van der Waals surface area contributed by atoms with Crippen molar-refractivity contribution in [3.63, 3.8) is 0 Å². The molecule has 2 fully saturated rings. The Hall–Kier alpha value is -1.98. The highest BCUT2D eigenvalue weighted by atomic mass is 15.3. The van der Waals surface area contributed by atoms with Crippen LogP contribution in [0.25, 0.3) is 6.08 Å². The van der Waals surface area contributed by atoms with Gasteiger partial charge in [0, 0.05) is 26.1 Å². The number of hydrogen-bond donors (Lipinski definition) is 0. The lowest BCUT2D eigenvalue weighted by molar-refractivity contribution is 0.221. The van der Waals surface area contributed by atoms with Crippen molar-refractivity contribution in [1.82, 2.24) is 24.6 Å². The molecule has 0 amide bonds. The fourth-order valence-electron chi connectivity index (χ4n) is 4.34. The number of piperidine rings is 1. The summed E-state index contributed by atoms with van der Waals surface area (Å²) in [5.41, 5.74) is 1.27. The zero-order valence-corrected chi connectivity index (χ0v) is 16.4. The Labute approximate surface area is 162 Å². The molecule has 1 unspecified atom stereocenters. The second kappa shape index (κ2) is 8.81. The molecule has 0 spiro atoms. The van der Waals surface area contributed by atoms with Crippen molar-refractivity contribution in [3.05, 3.63) is 53.6 Å². The van der Waals surface area contributed by atoms with Crippen molar-refractivity contribution >= 4 is 6.08 Å². The van der Waals surface area contributed by atoms with Gasteiger partial charge in [0.1, 0.15) is 11.6 Å². The van der Waals surface area contributed by atoms with Crippen molar-refractivity contribution in [2.45, 2.75) is 38.1 Å². The third kappa shape index (κ3) is 4.66. The van der Waals surface area contributed by atoms with Crippen molar-refractivity contribution in [1.29, 1.82) is 0 Å². The Balaban J connectivity index is 1.35. The normalized spacial score (nSPS) is 22.0. The van der Waals surface area contributed by atoms with E-state index in [-0.39, 0.29) is 0 Å². The Bertz CT molecular complexity index is 745. The molecule has 0 N–H and O–H groups in total. The minimum Gasteiger partial charge on any atom is -0.317 e. The van der Waals surface area contributed by atoms with Gasteiger partial charge in [0.2, 0.25) is 0 Å². The molecular formula is C22H31N5. The number of rotatable bonds is 6. The van der Waals surface area contributed by atoms with E-state index in [2.05, 4.69) is 74.1 Å². The number of hydrogen-bond acceptors (Lipinski definition) is 4. The van der Waals surface area contributed by atoms with Crippen molar-refractivity contribution in [3.8, 4) is 0 Å². The molecule has 1 aromatic heterocycles. The van der Waals surface area contributed by atoms with Gasteiger partial charge < -0.3 is 4.57 Å². The lowest BCUT2D eigenvalue weighted by Crippen LogP contribution is -2.35. The van der Waals surface area contributed by atoms with Gasteiger partial charge >= 0.3 is 0 Å². The lowest BCUT2D eigenvalue weighted by atomic mass is 9.97. The Morgan fingerprint density at radius 1 is 1.00 bits per heavy atom. The van der Waals surface area contributed by atoms with E-state index >= 15 is 0 Å². The summed E-state index contributed by atoms with van der Waals surface area (Å²) in [6, 6.07) is 10.5. The summed E-state index contributed by atoms with van der Waals surface area (Å²) in [5, 5.41) is 9.11. The molecule has 4 rings (SSSR count). The van der Waals surface area contributed by atoms with E-state index in [1.54, 1.807) is 0 Å². The predicted octanol–water partition coefficient (Wildman–Crippen LogP) is 3.30. The van der Waals surface area contributed by atoms with Gasteiger partial charge in [-0.25, -0.2) is 0 Å². The molecule has 144 valence electrons. The van der Waals surface area contributed by atoms with Gasteiger partial charge in [-0.2, -0.15) is 0 Å². The highest BCUT2D eigenvalue weighted by Crippen LogP contribution is 2.26. The van der Waals surface area contributed by atoms with E-state index in [0.29, 0.717) is 5.92 Å². The van der Waals surface area contributed by atoms with Gasteiger partial charge in [0.05, 0.1) is 6.54 Å². The molecule has 2 saturated heterocycles. The Morgan fingerprint density at radius 3 is 2.59 bits per heavy atom. The van der Waals surface area contributed by atoms with E-state index in [0.717, 1.165) is 25.5 Å². The number of benzene rings is 1. The van der Waals surface area contributed by atoms with E-state index in [1.807, 2.05) is 0 Å². The van der Waals surface area contributed by atoms with Crippen LogP contribution in [0.1, 0.15) is 48.8 Å². The number of aromatic nitrogens is 3. The van der Waals surface area contributed by atoms with Crippen molar-refractivity contribution < 1.29 is 0 Å². The minimum atomic E-state index is 0.494. The van der Waals surface area contributed by atoms with Crippen LogP contribution < -0.4 is 0 Å². The molecule has 2 aliphatic heterocycles. The van der Waals surface area contributed by atoms with Gasteiger partial charge in [-0.3, -0.25) is 9.80 Å². The fourth-order valence-corrected chi connectivity index (χ4v) is 4.34. The van der Waals surface area contributed by atoms with Crippen LogP contribution >= 0.6 is 0 Å². The van der Waals surface area contributed by atoms with Crippen LogP contribution in [0.15, 0.2) is 36.4 Å². The van der Waals surface area contributed by atoms with E-state index in [1.165, 1.54) is 56.7 Å². The van der Waals surface area contributed by atoms with Crippen LogP contribution in [0.4, 0.5) is 0 Å². The maximum Gasteiger partial charge on any atom is 0.146 e. The molecule has 3 heterocycles. The van der Waals surface area contributed by atoms with Crippen LogP contribution in [-0.2, 0) is 13.6 Å². The summed E-state index contributed by atoms with van der Waals surface area (Å²) in [4.78, 5) is 5.04. The first-order chi connectivity index (χ1) is 13.3. The smallest absolute Gasteiger partial charge is 0.146 e. The summed E-state index contributed by atoms with van der Waals surface area (Å²) in [7, 11) is 2.15. The van der Waals surface area contributed by atoms with Crippen LogP contribution in [0, 0.1) is 0 Å². The maximum atomic E-state index is 4.59. The zero-order chi connectivity index (χ0) is 18.5. The summed E-state index contributed by atoms with van der Waals surface area (Å²) < 4.78 is 2.26. The Kier molecular flexibility index (Phi) is 6.00. The van der Waals surface area contributed by atoms with Crippen LogP contribution in [0.3, 0.4) is 0 Å². The molecule has 1 atom stereocenters.